The molecule has 3 heteroatoms. The van der Waals surface area contributed by atoms with Crippen LogP contribution < -0.4 is 4.72 Å². The summed E-state index contributed by atoms with van der Waals surface area (Å²) in [4.78, 5) is 11.2. The molecule has 2 nitrogen and oxygen atoms in total. The number of amides is 1. The van der Waals surface area contributed by atoms with E-state index in [2.05, 4.69) is 4.72 Å². The lowest BCUT2D eigenvalue weighted by molar-refractivity contribution is -0.118. The van der Waals surface area contributed by atoms with E-state index in [-0.39, 0.29) is 5.91 Å². The summed E-state index contributed by atoms with van der Waals surface area (Å²) in [6.45, 7) is 2.01. The molecule has 0 saturated heterocycles. The second-order valence-corrected chi connectivity index (χ2v) is 3.69. The first kappa shape index (κ1) is 10.1. The van der Waals surface area contributed by atoms with Crippen molar-refractivity contribution in [2.45, 2.75) is 13.3 Å². The summed E-state index contributed by atoms with van der Waals surface area (Å²) in [5.41, 5.74) is 1.05. The number of hydrogen-bond acceptors (Lipinski definition) is 2. The highest BCUT2D eigenvalue weighted by molar-refractivity contribution is 7.97. The van der Waals surface area contributed by atoms with Crippen LogP contribution in [0, 0.1) is 0 Å². The number of hydrogen-bond donors (Lipinski definition) is 1. The Kier molecular flexibility index (Phi) is 4.40. The van der Waals surface area contributed by atoms with Gasteiger partial charge >= 0.3 is 0 Å². The molecule has 0 unspecified atom stereocenters. The molecule has 0 bridgehead atoms. The van der Waals surface area contributed by atoms with Crippen LogP contribution in [0.3, 0.4) is 0 Å². The minimum Gasteiger partial charge on any atom is -0.300 e. The number of carbonyl (C=O) groups is 1. The summed E-state index contributed by atoms with van der Waals surface area (Å²) >= 11 is 1.44. The van der Waals surface area contributed by atoms with Gasteiger partial charge in [-0.1, -0.05) is 49.2 Å². The zero-order valence-corrected chi connectivity index (χ0v) is 8.43. The van der Waals surface area contributed by atoms with E-state index in [4.69, 9.17) is 0 Å². The molecule has 0 heterocycles. The van der Waals surface area contributed by atoms with Gasteiger partial charge in [0.1, 0.15) is 0 Å². The quantitative estimate of drug-likeness (QED) is 0.745. The van der Waals surface area contributed by atoms with Crippen molar-refractivity contribution < 1.29 is 4.79 Å². The maximum atomic E-state index is 11.2. The fourth-order valence-electron chi connectivity index (χ4n) is 0.970. The van der Waals surface area contributed by atoms with Crippen molar-refractivity contribution >= 4 is 17.9 Å². The first-order valence-corrected chi connectivity index (χ1v) is 5.26. The predicted molar refractivity (Wildman–Crippen MR) is 56.4 cm³/mol. The summed E-state index contributed by atoms with van der Waals surface area (Å²) in [6.07, 6.45) is 0.466. The molecule has 1 rings (SSSR count). The molecular weight excluding hydrogens is 182 g/mol. The SMILES string of the molecule is CCSNC(=O)Cc1ccccc1. The van der Waals surface area contributed by atoms with Gasteiger partial charge in [0.05, 0.1) is 6.42 Å². The van der Waals surface area contributed by atoms with E-state index < -0.39 is 0 Å². The zero-order valence-electron chi connectivity index (χ0n) is 7.62. The average molecular weight is 195 g/mol. The van der Waals surface area contributed by atoms with Crippen molar-refractivity contribution in [3.05, 3.63) is 35.9 Å². The van der Waals surface area contributed by atoms with Crippen molar-refractivity contribution in [1.82, 2.24) is 4.72 Å². The molecule has 0 atom stereocenters. The molecule has 0 aliphatic heterocycles. The first-order chi connectivity index (χ1) is 6.33. The van der Waals surface area contributed by atoms with Crippen LogP contribution in [-0.4, -0.2) is 11.7 Å². The highest BCUT2D eigenvalue weighted by atomic mass is 32.2. The van der Waals surface area contributed by atoms with Gasteiger partial charge in [0.2, 0.25) is 5.91 Å². The van der Waals surface area contributed by atoms with Crippen molar-refractivity contribution in [2.75, 3.05) is 5.75 Å². The summed E-state index contributed by atoms with van der Waals surface area (Å²) in [5, 5.41) is 0. The van der Waals surface area contributed by atoms with Gasteiger partial charge < -0.3 is 0 Å². The first-order valence-electron chi connectivity index (χ1n) is 4.27. The normalized spacial score (nSPS) is 9.62. The molecule has 0 spiro atoms. The molecule has 1 N–H and O–H groups in total. The molecule has 0 fully saturated rings. The largest absolute Gasteiger partial charge is 0.300 e. The van der Waals surface area contributed by atoms with Crippen LogP contribution in [0.2, 0.25) is 0 Å². The molecule has 70 valence electrons. The number of benzene rings is 1. The Labute approximate surface area is 82.9 Å². The van der Waals surface area contributed by atoms with Crippen molar-refractivity contribution in [3.63, 3.8) is 0 Å². The Morgan fingerprint density at radius 2 is 2.08 bits per heavy atom. The van der Waals surface area contributed by atoms with Crippen LogP contribution >= 0.6 is 11.9 Å². The Bertz CT molecular complexity index is 261. The van der Waals surface area contributed by atoms with E-state index in [1.165, 1.54) is 11.9 Å². The highest BCUT2D eigenvalue weighted by Crippen LogP contribution is 2.00. The van der Waals surface area contributed by atoms with E-state index >= 15 is 0 Å². The van der Waals surface area contributed by atoms with Crippen molar-refractivity contribution in [1.29, 1.82) is 0 Å². The smallest absolute Gasteiger partial charge is 0.234 e. The van der Waals surface area contributed by atoms with Crippen molar-refractivity contribution in [3.8, 4) is 0 Å². The average Bonchev–Trinajstić information content (AvgIpc) is 2.16. The molecule has 0 aliphatic carbocycles. The van der Waals surface area contributed by atoms with E-state index in [9.17, 15) is 4.79 Å². The molecule has 0 saturated carbocycles. The number of carbonyl (C=O) groups excluding carboxylic acids is 1. The summed E-state index contributed by atoms with van der Waals surface area (Å²) < 4.78 is 2.76. The molecule has 1 aromatic carbocycles. The van der Waals surface area contributed by atoms with E-state index in [0.717, 1.165) is 11.3 Å². The fourth-order valence-corrected chi connectivity index (χ4v) is 1.35. The molecule has 0 aliphatic rings. The molecule has 0 radical (unpaired) electrons. The molecule has 0 aromatic heterocycles. The standard InChI is InChI=1S/C10H13NOS/c1-2-13-11-10(12)8-9-6-4-3-5-7-9/h3-7H,2,8H2,1H3,(H,11,12). The van der Waals surface area contributed by atoms with Crippen LogP contribution in [0.1, 0.15) is 12.5 Å². The third kappa shape index (κ3) is 3.99. The lowest BCUT2D eigenvalue weighted by Crippen LogP contribution is -2.18. The molecule has 13 heavy (non-hydrogen) atoms. The molecule has 1 amide bonds. The lowest BCUT2D eigenvalue weighted by Gasteiger charge is -2.01. The topological polar surface area (TPSA) is 29.1 Å². The molecule has 1 aromatic rings. The van der Waals surface area contributed by atoms with Gasteiger partial charge in [-0.2, -0.15) is 0 Å². The van der Waals surface area contributed by atoms with E-state index in [0.29, 0.717) is 6.42 Å². The minimum atomic E-state index is 0.0676. The van der Waals surface area contributed by atoms with Gasteiger partial charge in [0.15, 0.2) is 0 Å². The van der Waals surface area contributed by atoms with Gasteiger partial charge in [-0.05, 0) is 5.56 Å². The fraction of sp³-hybridized carbons (Fsp3) is 0.300. The van der Waals surface area contributed by atoms with Crippen LogP contribution in [0.5, 0.6) is 0 Å². The monoisotopic (exact) mass is 195 g/mol. The highest BCUT2D eigenvalue weighted by Gasteiger charge is 2.00. The van der Waals surface area contributed by atoms with Crippen LogP contribution in [0.15, 0.2) is 30.3 Å². The van der Waals surface area contributed by atoms with Gasteiger partial charge in [0.25, 0.3) is 0 Å². The van der Waals surface area contributed by atoms with Crippen molar-refractivity contribution in [2.24, 2.45) is 0 Å². The molecular formula is C10H13NOS. The number of rotatable bonds is 4. The third-order valence-corrected chi connectivity index (χ3v) is 2.20. The second kappa shape index (κ2) is 5.65. The Hall–Kier alpha value is -0.960. The van der Waals surface area contributed by atoms with Crippen LogP contribution in [0.25, 0.3) is 0 Å². The summed E-state index contributed by atoms with van der Waals surface area (Å²) in [6, 6.07) is 9.74. The van der Waals surface area contributed by atoms with Gasteiger partial charge in [-0.15, -0.1) is 0 Å². The van der Waals surface area contributed by atoms with Gasteiger partial charge in [-0.3, -0.25) is 9.52 Å². The maximum absolute atomic E-state index is 11.2. The minimum absolute atomic E-state index is 0.0676. The predicted octanol–water partition coefficient (Wildman–Crippen LogP) is 2.01. The van der Waals surface area contributed by atoms with E-state index in [1.807, 2.05) is 37.3 Å². The Morgan fingerprint density at radius 1 is 1.38 bits per heavy atom. The van der Waals surface area contributed by atoms with Gasteiger partial charge in [0, 0.05) is 5.75 Å². The maximum Gasteiger partial charge on any atom is 0.234 e. The van der Waals surface area contributed by atoms with Crippen LogP contribution in [-0.2, 0) is 11.2 Å². The Balaban J connectivity index is 2.37. The van der Waals surface area contributed by atoms with E-state index in [1.54, 1.807) is 0 Å². The summed E-state index contributed by atoms with van der Waals surface area (Å²) in [5.74, 6) is 0.971. The Morgan fingerprint density at radius 3 is 2.69 bits per heavy atom. The third-order valence-electron chi connectivity index (χ3n) is 1.54. The zero-order chi connectivity index (χ0) is 9.52. The number of nitrogens with one attached hydrogen (secondary N) is 1. The van der Waals surface area contributed by atoms with Gasteiger partial charge in [-0.25, -0.2) is 0 Å². The van der Waals surface area contributed by atoms with Crippen LogP contribution in [0.4, 0.5) is 0 Å². The lowest BCUT2D eigenvalue weighted by atomic mass is 10.1. The summed E-state index contributed by atoms with van der Waals surface area (Å²) in [7, 11) is 0. The second-order valence-electron chi connectivity index (χ2n) is 2.62.